The van der Waals surface area contributed by atoms with Crippen LogP contribution in [0.5, 0.6) is 5.75 Å². The summed E-state index contributed by atoms with van der Waals surface area (Å²) in [4.78, 5) is 14.9. The van der Waals surface area contributed by atoms with Crippen molar-refractivity contribution in [1.82, 2.24) is 4.31 Å². The van der Waals surface area contributed by atoms with Crippen LogP contribution in [0.25, 0.3) is 0 Å². The van der Waals surface area contributed by atoms with E-state index in [4.69, 9.17) is 4.74 Å². The maximum absolute atomic E-state index is 13.5. The highest BCUT2D eigenvalue weighted by molar-refractivity contribution is 7.89. The summed E-state index contributed by atoms with van der Waals surface area (Å²) in [5.74, 6) is -1.98. The van der Waals surface area contributed by atoms with Gasteiger partial charge in [-0.25, -0.2) is 17.2 Å². The van der Waals surface area contributed by atoms with Crippen molar-refractivity contribution in [1.29, 1.82) is 0 Å². The van der Waals surface area contributed by atoms with Crippen LogP contribution in [0.3, 0.4) is 0 Å². The molecule has 0 atom stereocenters. The molecule has 0 bridgehead atoms. The van der Waals surface area contributed by atoms with Crippen molar-refractivity contribution in [2.45, 2.75) is 37.5 Å². The molecule has 2 heterocycles. The Hall–Kier alpha value is -2.52. The van der Waals surface area contributed by atoms with Gasteiger partial charge in [0, 0.05) is 25.6 Å². The standard InChI is InChI=1S/C23H26F2N2O4S/c1-15-5-8-21(31-2)22-18(15)4-3-11-27(22)23(28)16-9-12-26(13-10-16)32(29,30)17-6-7-19(24)20(25)14-17/h5-8,14,16H,3-4,9-13H2,1-2H3. The number of amides is 1. The topological polar surface area (TPSA) is 66.9 Å². The summed E-state index contributed by atoms with van der Waals surface area (Å²) in [6.07, 6.45) is 2.46. The molecule has 2 aromatic rings. The lowest BCUT2D eigenvalue weighted by Crippen LogP contribution is -2.46. The molecule has 2 aromatic carbocycles. The fourth-order valence-electron chi connectivity index (χ4n) is 4.59. The minimum Gasteiger partial charge on any atom is -0.495 e. The highest BCUT2D eigenvalue weighted by Crippen LogP contribution is 2.39. The second-order valence-electron chi connectivity index (χ2n) is 8.26. The number of rotatable bonds is 4. The van der Waals surface area contributed by atoms with Crippen LogP contribution in [0.2, 0.25) is 0 Å². The highest BCUT2D eigenvalue weighted by Gasteiger charge is 2.36. The van der Waals surface area contributed by atoms with Crippen molar-refractivity contribution in [3.8, 4) is 5.75 Å². The average Bonchev–Trinajstić information content (AvgIpc) is 2.80. The van der Waals surface area contributed by atoms with Crippen LogP contribution in [-0.4, -0.2) is 45.4 Å². The first-order chi connectivity index (χ1) is 15.2. The number of ether oxygens (including phenoxy) is 1. The molecule has 0 unspecified atom stereocenters. The molecule has 6 nitrogen and oxygen atoms in total. The summed E-state index contributed by atoms with van der Waals surface area (Å²) in [5, 5.41) is 0. The van der Waals surface area contributed by atoms with Crippen LogP contribution in [0.4, 0.5) is 14.5 Å². The molecule has 1 amide bonds. The van der Waals surface area contributed by atoms with E-state index in [-0.39, 0.29) is 29.8 Å². The Bertz CT molecular complexity index is 1140. The smallest absolute Gasteiger partial charge is 0.243 e. The highest BCUT2D eigenvalue weighted by atomic mass is 32.2. The maximum Gasteiger partial charge on any atom is 0.243 e. The van der Waals surface area contributed by atoms with Crippen molar-refractivity contribution in [2.24, 2.45) is 5.92 Å². The molecule has 32 heavy (non-hydrogen) atoms. The van der Waals surface area contributed by atoms with E-state index in [0.29, 0.717) is 31.2 Å². The SMILES string of the molecule is COc1ccc(C)c2c1N(C(=O)C1CCN(S(=O)(=O)c3ccc(F)c(F)c3)CC1)CCC2. The predicted molar refractivity (Wildman–Crippen MR) is 116 cm³/mol. The van der Waals surface area contributed by atoms with Gasteiger partial charge in [0.2, 0.25) is 15.9 Å². The van der Waals surface area contributed by atoms with Crippen molar-refractivity contribution < 1.29 is 26.7 Å². The number of fused-ring (bicyclic) bond motifs is 1. The van der Waals surface area contributed by atoms with Gasteiger partial charge < -0.3 is 9.64 Å². The van der Waals surface area contributed by atoms with Crippen molar-refractivity contribution >= 4 is 21.6 Å². The minimum absolute atomic E-state index is 0.0280. The largest absolute Gasteiger partial charge is 0.495 e. The molecular weight excluding hydrogens is 438 g/mol. The summed E-state index contributed by atoms with van der Waals surface area (Å²) in [6, 6.07) is 6.43. The second kappa shape index (κ2) is 8.78. The number of anilines is 1. The monoisotopic (exact) mass is 464 g/mol. The van der Waals surface area contributed by atoms with Crippen LogP contribution in [0, 0.1) is 24.5 Å². The van der Waals surface area contributed by atoms with E-state index in [0.717, 1.165) is 41.8 Å². The number of benzene rings is 2. The lowest BCUT2D eigenvalue weighted by molar-refractivity contribution is -0.123. The first-order valence-corrected chi connectivity index (χ1v) is 12.1. The second-order valence-corrected chi connectivity index (χ2v) is 10.2. The van der Waals surface area contributed by atoms with Gasteiger partial charge in [-0.15, -0.1) is 0 Å². The zero-order chi connectivity index (χ0) is 23.0. The van der Waals surface area contributed by atoms with E-state index in [1.165, 1.54) is 4.31 Å². The average molecular weight is 465 g/mol. The molecule has 2 aliphatic heterocycles. The lowest BCUT2D eigenvalue weighted by atomic mass is 9.92. The Balaban J connectivity index is 1.51. The molecule has 1 fully saturated rings. The number of carbonyl (C=O) groups is 1. The molecule has 2 aliphatic rings. The van der Waals surface area contributed by atoms with Gasteiger partial charge in [-0.3, -0.25) is 4.79 Å². The van der Waals surface area contributed by atoms with E-state index in [1.807, 2.05) is 19.1 Å². The zero-order valence-electron chi connectivity index (χ0n) is 18.1. The Labute approximate surface area is 186 Å². The lowest BCUT2D eigenvalue weighted by Gasteiger charge is -2.37. The van der Waals surface area contributed by atoms with Crippen LogP contribution in [0.1, 0.15) is 30.4 Å². The molecule has 0 aliphatic carbocycles. The number of hydrogen-bond acceptors (Lipinski definition) is 4. The van der Waals surface area contributed by atoms with Crippen molar-refractivity contribution in [3.05, 3.63) is 53.1 Å². The number of carbonyl (C=O) groups excluding carboxylic acids is 1. The van der Waals surface area contributed by atoms with Gasteiger partial charge in [0.15, 0.2) is 11.6 Å². The third-order valence-corrected chi connectivity index (χ3v) is 8.27. The van der Waals surface area contributed by atoms with Crippen LogP contribution >= 0.6 is 0 Å². The number of aryl methyl sites for hydroxylation is 1. The third-order valence-electron chi connectivity index (χ3n) is 6.38. The predicted octanol–water partition coefficient (Wildman–Crippen LogP) is 3.66. The Morgan fingerprint density at radius 1 is 1.06 bits per heavy atom. The van der Waals surface area contributed by atoms with Crippen LogP contribution in [-0.2, 0) is 21.2 Å². The maximum atomic E-state index is 13.5. The number of hydrogen-bond donors (Lipinski definition) is 0. The molecule has 0 aromatic heterocycles. The van der Waals surface area contributed by atoms with Gasteiger partial charge in [0.05, 0.1) is 17.7 Å². The summed E-state index contributed by atoms with van der Waals surface area (Å²) in [6.45, 7) is 2.90. The summed E-state index contributed by atoms with van der Waals surface area (Å²) in [5.41, 5.74) is 3.05. The zero-order valence-corrected chi connectivity index (χ0v) is 18.9. The molecule has 0 spiro atoms. The molecule has 172 valence electrons. The fraction of sp³-hybridized carbons (Fsp3) is 0.435. The van der Waals surface area contributed by atoms with Crippen LogP contribution < -0.4 is 9.64 Å². The first-order valence-electron chi connectivity index (χ1n) is 10.7. The quantitative estimate of drug-likeness (QED) is 0.693. The van der Waals surface area contributed by atoms with E-state index in [2.05, 4.69) is 0 Å². The van der Waals surface area contributed by atoms with Crippen molar-refractivity contribution in [2.75, 3.05) is 31.6 Å². The Morgan fingerprint density at radius 2 is 1.78 bits per heavy atom. The normalized spacial score (nSPS) is 17.8. The van der Waals surface area contributed by atoms with Gasteiger partial charge in [-0.1, -0.05) is 6.07 Å². The van der Waals surface area contributed by atoms with Gasteiger partial charge in [0.1, 0.15) is 5.75 Å². The number of nitrogens with zero attached hydrogens (tertiary/aromatic N) is 2. The molecule has 0 N–H and O–H groups in total. The van der Waals surface area contributed by atoms with Gasteiger partial charge in [-0.05, 0) is 68.0 Å². The number of methoxy groups -OCH3 is 1. The minimum atomic E-state index is -3.96. The number of sulfonamides is 1. The van der Waals surface area contributed by atoms with Gasteiger partial charge >= 0.3 is 0 Å². The van der Waals surface area contributed by atoms with E-state index in [9.17, 15) is 22.0 Å². The summed E-state index contributed by atoms with van der Waals surface area (Å²) < 4.78 is 59.2. The van der Waals surface area contributed by atoms with Crippen LogP contribution in [0.15, 0.2) is 35.2 Å². The molecule has 9 heteroatoms. The molecule has 1 saturated heterocycles. The Morgan fingerprint density at radius 3 is 2.44 bits per heavy atom. The summed E-state index contributed by atoms with van der Waals surface area (Å²) in [7, 11) is -2.37. The molecule has 0 saturated carbocycles. The molecule has 4 rings (SSSR count). The number of piperidine rings is 1. The van der Waals surface area contributed by atoms with E-state index in [1.54, 1.807) is 12.0 Å². The Kier molecular flexibility index (Phi) is 6.22. The number of halogens is 2. The van der Waals surface area contributed by atoms with Crippen molar-refractivity contribution in [3.63, 3.8) is 0 Å². The molecular formula is C23H26F2N2O4S. The van der Waals surface area contributed by atoms with E-state index >= 15 is 0 Å². The third kappa shape index (κ3) is 3.99. The fourth-order valence-corrected chi connectivity index (χ4v) is 6.07. The van der Waals surface area contributed by atoms with Gasteiger partial charge in [0.25, 0.3) is 0 Å². The summed E-state index contributed by atoms with van der Waals surface area (Å²) >= 11 is 0. The van der Waals surface area contributed by atoms with E-state index < -0.39 is 21.7 Å². The first kappa shape index (κ1) is 22.7. The molecule has 0 radical (unpaired) electrons. The van der Waals surface area contributed by atoms with Gasteiger partial charge in [-0.2, -0.15) is 4.31 Å².